The van der Waals surface area contributed by atoms with Gasteiger partial charge in [-0.05, 0) is 59.3 Å². The summed E-state index contributed by atoms with van der Waals surface area (Å²) in [5, 5.41) is 8.98. The second-order valence-corrected chi connectivity index (χ2v) is 8.33. The molecule has 0 saturated heterocycles. The number of rotatable bonds is 4. The summed E-state index contributed by atoms with van der Waals surface area (Å²) in [5.41, 5.74) is -0.119. The van der Waals surface area contributed by atoms with Gasteiger partial charge in [-0.1, -0.05) is 6.07 Å². The fourth-order valence-electron chi connectivity index (χ4n) is 2.34. The van der Waals surface area contributed by atoms with Crippen molar-refractivity contribution < 1.29 is 18.3 Å². The Hall–Kier alpha value is -0.880. The van der Waals surface area contributed by atoms with Crippen LogP contribution in [0.4, 0.5) is 0 Å². The number of halogens is 1. The lowest BCUT2D eigenvalue weighted by Gasteiger charge is -2.13. The van der Waals surface area contributed by atoms with E-state index in [9.17, 15) is 18.3 Å². The highest BCUT2D eigenvalue weighted by molar-refractivity contribution is 9.10. The first-order chi connectivity index (χ1) is 8.88. The van der Waals surface area contributed by atoms with E-state index in [-0.39, 0.29) is 10.1 Å². The molecule has 0 amide bonds. The van der Waals surface area contributed by atoms with Gasteiger partial charge in [0.25, 0.3) is 0 Å². The number of hydrogen-bond acceptors (Lipinski definition) is 3. The molecule has 1 N–H and O–H groups in total. The molecule has 2 aliphatic rings. The minimum Gasteiger partial charge on any atom is -0.481 e. The lowest BCUT2D eigenvalue weighted by atomic mass is 9.96. The smallest absolute Gasteiger partial charge is 0.314 e. The van der Waals surface area contributed by atoms with Crippen molar-refractivity contribution in [2.24, 2.45) is 0 Å². The molecular formula is C13H13BrO4S. The molecule has 0 aromatic heterocycles. The van der Waals surface area contributed by atoms with Crippen LogP contribution in [0.25, 0.3) is 0 Å². The molecule has 0 unspecified atom stereocenters. The Morgan fingerprint density at radius 1 is 1.32 bits per heavy atom. The van der Waals surface area contributed by atoms with Gasteiger partial charge in [0.1, 0.15) is 0 Å². The van der Waals surface area contributed by atoms with E-state index in [1.54, 1.807) is 12.1 Å². The summed E-state index contributed by atoms with van der Waals surface area (Å²) < 4.78 is 24.8. The average molecular weight is 345 g/mol. The fraction of sp³-hybridized carbons (Fsp3) is 0.462. The Bertz CT molecular complexity index is 657. The van der Waals surface area contributed by atoms with E-state index in [0.717, 1.165) is 12.8 Å². The van der Waals surface area contributed by atoms with Crippen LogP contribution in [-0.4, -0.2) is 24.7 Å². The molecule has 1 aromatic rings. The van der Waals surface area contributed by atoms with Crippen molar-refractivity contribution in [2.45, 2.75) is 41.2 Å². The molecule has 2 fully saturated rings. The van der Waals surface area contributed by atoms with Crippen molar-refractivity contribution in [3.63, 3.8) is 0 Å². The average Bonchev–Trinajstić information content (AvgIpc) is 3.19. The van der Waals surface area contributed by atoms with Gasteiger partial charge in [0.2, 0.25) is 0 Å². The maximum absolute atomic E-state index is 12.2. The van der Waals surface area contributed by atoms with Crippen molar-refractivity contribution in [3.8, 4) is 0 Å². The number of sulfone groups is 1. The van der Waals surface area contributed by atoms with Gasteiger partial charge < -0.3 is 5.11 Å². The van der Waals surface area contributed by atoms with Crippen molar-refractivity contribution in [1.82, 2.24) is 0 Å². The predicted molar refractivity (Wildman–Crippen MR) is 72.9 cm³/mol. The highest BCUT2D eigenvalue weighted by Crippen LogP contribution is 2.49. The van der Waals surface area contributed by atoms with Gasteiger partial charge >= 0.3 is 5.97 Å². The summed E-state index contributed by atoms with van der Waals surface area (Å²) in [4.78, 5) is 11.5. The quantitative estimate of drug-likeness (QED) is 0.910. The molecule has 2 saturated carbocycles. The third-order valence-corrected chi connectivity index (χ3v) is 7.15. The minimum absolute atomic E-state index is 0.260. The lowest BCUT2D eigenvalue weighted by Crippen LogP contribution is -2.19. The standard InChI is InChI=1S/C13H13BrO4S/c14-10-7-8(13(5-6-13)12(15)16)1-4-11(10)19(17,18)9-2-3-9/h1,4,7,9H,2-3,5-6H2,(H,15,16). The van der Waals surface area contributed by atoms with Crippen LogP contribution in [0.15, 0.2) is 27.6 Å². The fourth-order valence-corrected chi connectivity index (χ4v) is 5.10. The van der Waals surface area contributed by atoms with Crippen LogP contribution in [0.3, 0.4) is 0 Å². The van der Waals surface area contributed by atoms with Gasteiger partial charge in [-0.25, -0.2) is 8.42 Å². The van der Waals surface area contributed by atoms with Crippen LogP contribution in [0.5, 0.6) is 0 Å². The number of carbonyl (C=O) groups is 1. The van der Waals surface area contributed by atoms with Crippen LogP contribution < -0.4 is 0 Å². The summed E-state index contributed by atoms with van der Waals surface area (Å²) >= 11 is 3.28. The third kappa shape index (κ3) is 2.01. The Labute approximate surface area is 119 Å². The van der Waals surface area contributed by atoms with Gasteiger partial charge in [-0.3, -0.25) is 4.79 Å². The van der Waals surface area contributed by atoms with Gasteiger partial charge in [0.15, 0.2) is 9.84 Å². The van der Waals surface area contributed by atoms with Gasteiger partial charge in [0, 0.05) is 4.47 Å². The zero-order chi connectivity index (χ0) is 13.8. The van der Waals surface area contributed by atoms with Crippen LogP contribution in [-0.2, 0) is 20.0 Å². The molecule has 0 bridgehead atoms. The van der Waals surface area contributed by atoms with Crippen molar-refractivity contribution >= 4 is 31.7 Å². The summed E-state index contributed by atoms with van der Waals surface area (Å²) in [7, 11) is -3.25. The Kier molecular flexibility index (Phi) is 2.80. The highest BCUT2D eigenvalue weighted by atomic mass is 79.9. The summed E-state index contributed by atoms with van der Waals surface area (Å²) in [6.07, 6.45) is 2.66. The van der Waals surface area contributed by atoms with E-state index in [0.29, 0.717) is 22.9 Å². The molecule has 102 valence electrons. The number of hydrogen-bond donors (Lipinski definition) is 1. The first kappa shape index (κ1) is 13.1. The second kappa shape index (κ2) is 4.06. The van der Waals surface area contributed by atoms with E-state index in [1.165, 1.54) is 6.07 Å². The Balaban J connectivity index is 2.02. The van der Waals surface area contributed by atoms with E-state index in [1.807, 2.05) is 0 Å². The van der Waals surface area contributed by atoms with Crippen LogP contribution in [0.2, 0.25) is 0 Å². The number of aliphatic carboxylic acids is 1. The lowest BCUT2D eigenvalue weighted by molar-refractivity contribution is -0.140. The first-order valence-electron chi connectivity index (χ1n) is 6.15. The maximum atomic E-state index is 12.2. The molecular weight excluding hydrogens is 332 g/mol. The van der Waals surface area contributed by atoms with Crippen molar-refractivity contribution in [3.05, 3.63) is 28.2 Å². The Morgan fingerprint density at radius 3 is 2.37 bits per heavy atom. The van der Waals surface area contributed by atoms with E-state index >= 15 is 0 Å². The predicted octanol–water partition coefficient (Wildman–Crippen LogP) is 2.50. The number of carboxylic acids is 1. The summed E-state index contributed by atoms with van der Waals surface area (Å²) in [6, 6.07) is 4.83. The number of carboxylic acid groups (broad SMARTS) is 1. The molecule has 1 aromatic carbocycles. The highest BCUT2D eigenvalue weighted by Gasteiger charge is 2.52. The molecule has 6 heteroatoms. The topological polar surface area (TPSA) is 71.4 Å². The first-order valence-corrected chi connectivity index (χ1v) is 8.49. The molecule has 4 nitrogen and oxygen atoms in total. The second-order valence-electron chi connectivity index (χ2n) is 5.28. The molecule has 3 rings (SSSR count). The summed E-state index contributed by atoms with van der Waals surface area (Å²) in [6.45, 7) is 0. The van der Waals surface area contributed by atoms with Crippen LogP contribution in [0.1, 0.15) is 31.2 Å². The molecule has 19 heavy (non-hydrogen) atoms. The Morgan fingerprint density at radius 2 is 1.95 bits per heavy atom. The van der Waals surface area contributed by atoms with E-state index in [2.05, 4.69) is 15.9 Å². The monoisotopic (exact) mass is 344 g/mol. The largest absolute Gasteiger partial charge is 0.481 e. The van der Waals surface area contributed by atoms with Crippen LogP contribution in [0, 0.1) is 0 Å². The van der Waals surface area contributed by atoms with E-state index < -0.39 is 21.2 Å². The zero-order valence-corrected chi connectivity index (χ0v) is 12.5. The minimum atomic E-state index is -3.25. The normalized spacial score (nSPS) is 21.1. The number of benzene rings is 1. The summed E-state index contributed by atoms with van der Waals surface area (Å²) in [5.74, 6) is -0.836. The van der Waals surface area contributed by atoms with Crippen molar-refractivity contribution in [1.29, 1.82) is 0 Å². The molecule has 0 radical (unpaired) electrons. The van der Waals surface area contributed by atoms with Gasteiger partial charge in [-0.15, -0.1) is 0 Å². The van der Waals surface area contributed by atoms with Crippen molar-refractivity contribution in [2.75, 3.05) is 0 Å². The molecule has 0 aliphatic heterocycles. The zero-order valence-electron chi connectivity index (χ0n) is 10.1. The third-order valence-electron chi connectivity index (χ3n) is 3.91. The van der Waals surface area contributed by atoms with E-state index in [4.69, 9.17) is 0 Å². The molecule has 0 atom stereocenters. The van der Waals surface area contributed by atoms with Gasteiger partial charge in [0.05, 0.1) is 15.6 Å². The van der Waals surface area contributed by atoms with Crippen LogP contribution >= 0.6 is 15.9 Å². The maximum Gasteiger partial charge on any atom is 0.314 e. The SMILES string of the molecule is O=C(O)C1(c2ccc(S(=O)(=O)C3CC3)c(Br)c2)CC1. The molecule has 0 spiro atoms. The van der Waals surface area contributed by atoms with Gasteiger partial charge in [-0.2, -0.15) is 0 Å². The molecule has 2 aliphatic carbocycles. The molecule has 0 heterocycles.